The molecule has 0 atom stereocenters. The standard InChI is InChI=1S/C18H16Cl2FN3O6S/c19-11-7-14(20)17(22-9-11)23-16(25)10-30-18(26)13-8-12(1-2-15(13)21)31(27,28)24-3-5-29-6-4-24/h1-2,7-9H,3-6,10H2,(H,22,23,25). The third-order valence-corrected chi connectivity index (χ3v) is 6.56. The molecule has 1 aromatic heterocycles. The van der Waals surface area contributed by atoms with Gasteiger partial charge in [0.05, 0.1) is 33.7 Å². The number of hydrogen-bond acceptors (Lipinski definition) is 7. The lowest BCUT2D eigenvalue weighted by Gasteiger charge is -2.26. The first-order valence-corrected chi connectivity index (χ1v) is 11.0. The molecule has 1 amide bonds. The Morgan fingerprint density at radius 2 is 1.94 bits per heavy atom. The van der Waals surface area contributed by atoms with Crippen molar-refractivity contribution in [2.24, 2.45) is 0 Å². The molecule has 0 aliphatic carbocycles. The molecule has 2 heterocycles. The van der Waals surface area contributed by atoms with Crippen molar-refractivity contribution in [1.82, 2.24) is 9.29 Å². The average molecular weight is 492 g/mol. The van der Waals surface area contributed by atoms with Crippen molar-refractivity contribution in [3.63, 3.8) is 0 Å². The molecule has 13 heteroatoms. The van der Waals surface area contributed by atoms with Gasteiger partial charge in [0.15, 0.2) is 12.4 Å². The SMILES string of the molecule is O=C(COC(=O)c1cc(S(=O)(=O)N2CCOCC2)ccc1F)Nc1ncc(Cl)cc1Cl. The molecule has 0 unspecified atom stereocenters. The van der Waals surface area contributed by atoms with Gasteiger partial charge < -0.3 is 14.8 Å². The van der Waals surface area contributed by atoms with Crippen LogP contribution in [0, 0.1) is 5.82 Å². The third-order valence-electron chi connectivity index (χ3n) is 4.17. The van der Waals surface area contributed by atoms with Crippen LogP contribution in [0.5, 0.6) is 0 Å². The van der Waals surface area contributed by atoms with Crippen LogP contribution in [0.3, 0.4) is 0 Å². The number of carbonyl (C=O) groups excluding carboxylic acids is 2. The van der Waals surface area contributed by atoms with Crippen LogP contribution in [0.15, 0.2) is 35.4 Å². The minimum atomic E-state index is -3.95. The van der Waals surface area contributed by atoms with E-state index in [0.717, 1.165) is 18.2 Å². The molecule has 166 valence electrons. The quantitative estimate of drug-likeness (QED) is 0.616. The summed E-state index contributed by atoms with van der Waals surface area (Å²) < 4.78 is 50.6. The van der Waals surface area contributed by atoms with Gasteiger partial charge >= 0.3 is 5.97 Å². The highest BCUT2D eigenvalue weighted by atomic mass is 35.5. The number of sulfonamides is 1. The Kier molecular flexibility index (Phi) is 7.44. The largest absolute Gasteiger partial charge is 0.452 e. The summed E-state index contributed by atoms with van der Waals surface area (Å²) in [5.74, 6) is -2.99. The van der Waals surface area contributed by atoms with E-state index in [1.165, 1.54) is 16.6 Å². The highest BCUT2D eigenvalue weighted by molar-refractivity contribution is 7.89. The predicted molar refractivity (Wildman–Crippen MR) is 109 cm³/mol. The summed E-state index contributed by atoms with van der Waals surface area (Å²) in [5.41, 5.74) is -0.621. The number of benzene rings is 1. The van der Waals surface area contributed by atoms with E-state index in [1.807, 2.05) is 0 Å². The number of hydrogen-bond donors (Lipinski definition) is 1. The number of esters is 1. The zero-order valence-electron chi connectivity index (χ0n) is 15.8. The molecule has 0 saturated carbocycles. The molecule has 0 bridgehead atoms. The van der Waals surface area contributed by atoms with Crippen LogP contribution in [0.4, 0.5) is 10.2 Å². The van der Waals surface area contributed by atoms with Crippen LogP contribution in [0.2, 0.25) is 10.0 Å². The number of pyridine rings is 1. The summed E-state index contributed by atoms with van der Waals surface area (Å²) in [5, 5.41) is 2.64. The van der Waals surface area contributed by atoms with Gasteiger partial charge in [0.1, 0.15) is 5.82 Å². The highest BCUT2D eigenvalue weighted by Crippen LogP contribution is 2.23. The molecule has 9 nitrogen and oxygen atoms in total. The van der Waals surface area contributed by atoms with Gasteiger partial charge in [-0.3, -0.25) is 4.79 Å². The Morgan fingerprint density at radius 3 is 2.61 bits per heavy atom. The zero-order valence-corrected chi connectivity index (χ0v) is 18.1. The number of amides is 1. The van der Waals surface area contributed by atoms with E-state index in [-0.39, 0.29) is 47.1 Å². The van der Waals surface area contributed by atoms with E-state index in [1.54, 1.807) is 0 Å². The van der Waals surface area contributed by atoms with E-state index in [4.69, 9.17) is 32.7 Å². The first kappa shape index (κ1) is 23.4. The van der Waals surface area contributed by atoms with E-state index in [0.29, 0.717) is 0 Å². The number of halogens is 3. The topological polar surface area (TPSA) is 115 Å². The lowest BCUT2D eigenvalue weighted by Crippen LogP contribution is -2.40. The Labute approximate surface area is 187 Å². The molecule has 0 radical (unpaired) electrons. The summed E-state index contributed by atoms with van der Waals surface area (Å²) in [7, 11) is -3.95. The fourth-order valence-electron chi connectivity index (χ4n) is 2.64. The predicted octanol–water partition coefficient (Wildman–Crippen LogP) is 2.34. The number of anilines is 1. The highest BCUT2D eigenvalue weighted by Gasteiger charge is 2.28. The molecule has 1 saturated heterocycles. The molecule has 0 spiro atoms. The molecule has 1 aromatic carbocycles. The monoisotopic (exact) mass is 491 g/mol. The van der Waals surface area contributed by atoms with Crippen LogP contribution in [-0.4, -0.2) is 62.5 Å². The number of ether oxygens (including phenoxy) is 2. The first-order chi connectivity index (χ1) is 14.7. The normalized spacial score (nSPS) is 14.8. The van der Waals surface area contributed by atoms with Crippen molar-refractivity contribution >= 4 is 50.9 Å². The summed E-state index contributed by atoms with van der Waals surface area (Å²) in [6.45, 7) is -0.0326. The summed E-state index contributed by atoms with van der Waals surface area (Å²) >= 11 is 11.6. The number of nitrogens with zero attached hydrogens (tertiary/aromatic N) is 2. The van der Waals surface area contributed by atoms with Crippen LogP contribution < -0.4 is 5.32 Å². The van der Waals surface area contributed by atoms with Gasteiger partial charge in [-0.05, 0) is 24.3 Å². The lowest BCUT2D eigenvalue weighted by molar-refractivity contribution is -0.119. The van der Waals surface area contributed by atoms with E-state index in [2.05, 4.69) is 10.3 Å². The van der Waals surface area contributed by atoms with Crippen LogP contribution in [-0.2, 0) is 24.3 Å². The van der Waals surface area contributed by atoms with Crippen molar-refractivity contribution in [2.75, 3.05) is 38.2 Å². The van der Waals surface area contributed by atoms with Gasteiger partial charge in [-0.15, -0.1) is 0 Å². The number of carbonyl (C=O) groups is 2. The molecule has 1 fully saturated rings. The van der Waals surface area contributed by atoms with E-state index >= 15 is 0 Å². The number of morpholine rings is 1. The molecule has 1 aliphatic heterocycles. The maximum atomic E-state index is 14.1. The van der Waals surface area contributed by atoms with E-state index in [9.17, 15) is 22.4 Å². The Morgan fingerprint density at radius 1 is 1.23 bits per heavy atom. The second kappa shape index (κ2) is 9.88. The molecule has 2 aromatic rings. The van der Waals surface area contributed by atoms with Crippen LogP contribution in [0.25, 0.3) is 0 Å². The Bertz CT molecular complexity index is 1110. The molecular weight excluding hydrogens is 476 g/mol. The van der Waals surface area contributed by atoms with Crippen LogP contribution >= 0.6 is 23.2 Å². The van der Waals surface area contributed by atoms with Gasteiger partial charge in [-0.2, -0.15) is 4.31 Å². The smallest absolute Gasteiger partial charge is 0.341 e. The van der Waals surface area contributed by atoms with Gasteiger partial charge in [-0.25, -0.2) is 22.6 Å². The third kappa shape index (κ3) is 5.69. The fraction of sp³-hybridized carbons (Fsp3) is 0.278. The van der Waals surface area contributed by atoms with Gasteiger partial charge in [0, 0.05) is 19.3 Å². The zero-order chi connectivity index (χ0) is 22.6. The fourth-order valence-corrected chi connectivity index (χ4v) is 4.50. The summed E-state index contributed by atoms with van der Waals surface area (Å²) in [6.07, 6.45) is 1.25. The van der Waals surface area contributed by atoms with Gasteiger partial charge in [-0.1, -0.05) is 23.2 Å². The molecule has 31 heavy (non-hydrogen) atoms. The maximum Gasteiger partial charge on any atom is 0.341 e. The van der Waals surface area contributed by atoms with Gasteiger partial charge in [0.2, 0.25) is 10.0 Å². The number of nitrogens with one attached hydrogen (secondary N) is 1. The summed E-state index contributed by atoms with van der Waals surface area (Å²) in [6, 6.07) is 4.13. The average Bonchev–Trinajstić information content (AvgIpc) is 2.75. The molecule has 1 N–H and O–H groups in total. The molecule has 3 rings (SSSR count). The van der Waals surface area contributed by atoms with Crippen LogP contribution in [0.1, 0.15) is 10.4 Å². The van der Waals surface area contributed by atoms with Crippen molar-refractivity contribution in [3.8, 4) is 0 Å². The molecule has 1 aliphatic rings. The minimum absolute atomic E-state index is 0.00287. The number of rotatable bonds is 6. The summed E-state index contributed by atoms with van der Waals surface area (Å²) in [4.78, 5) is 27.8. The Hall–Kier alpha value is -2.31. The minimum Gasteiger partial charge on any atom is -0.452 e. The van der Waals surface area contributed by atoms with Crippen molar-refractivity contribution in [1.29, 1.82) is 0 Å². The second-order valence-corrected chi connectivity index (χ2v) is 9.05. The first-order valence-electron chi connectivity index (χ1n) is 8.84. The maximum absolute atomic E-state index is 14.1. The number of aromatic nitrogens is 1. The van der Waals surface area contributed by atoms with Gasteiger partial charge in [0.25, 0.3) is 5.91 Å². The molecular formula is C18H16Cl2FN3O6S. The Balaban J connectivity index is 1.68. The van der Waals surface area contributed by atoms with Crippen molar-refractivity contribution < 1.29 is 31.9 Å². The lowest BCUT2D eigenvalue weighted by atomic mass is 10.2. The van der Waals surface area contributed by atoms with Crippen molar-refractivity contribution in [3.05, 3.63) is 51.9 Å². The second-order valence-electron chi connectivity index (χ2n) is 6.27. The van der Waals surface area contributed by atoms with Crippen molar-refractivity contribution in [2.45, 2.75) is 4.90 Å². The van der Waals surface area contributed by atoms with E-state index < -0.39 is 39.9 Å².